The Morgan fingerprint density at radius 2 is 1.62 bits per heavy atom. The average Bonchev–Trinajstić information content (AvgIpc) is 2.43. The Kier molecular flexibility index (Phi) is 5.38. The molecule has 2 aromatic carbocycles. The van der Waals surface area contributed by atoms with Gasteiger partial charge in [0.15, 0.2) is 0 Å². The van der Waals surface area contributed by atoms with Crippen LogP contribution in [0.25, 0.3) is 0 Å². The molecular formula is C17H19Cl2NO. The summed E-state index contributed by atoms with van der Waals surface area (Å²) in [6.45, 7) is 6.07. The Bertz CT molecular complexity index is 596. The molecule has 0 aliphatic rings. The van der Waals surface area contributed by atoms with Gasteiger partial charge in [0.1, 0.15) is 5.75 Å². The van der Waals surface area contributed by atoms with Crippen molar-refractivity contribution in [2.45, 2.75) is 32.9 Å². The number of rotatable bonds is 5. The molecular weight excluding hydrogens is 305 g/mol. The molecule has 0 saturated heterocycles. The van der Waals surface area contributed by atoms with Gasteiger partial charge in [-0.1, -0.05) is 23.2 Å². The third-order valence-electron chi connectivity index (χ3n) is 3.03. The zero-order valence-electron chi connectivity index (χ0n) is 12.4. The lowest BCUT2D eigenvalue weighted by molar-refractivity contribution is 0.242. The zero-order chi connectivity index (χ0) is 15.4. The van der Waals surface area contributed by atoms with Crippen LogP contribution in [-0.4, -0.2) is 6.10 Å². The molecule has 2 rings (SSSR count). The van der Waals surface area contributed by atoms with E-state index in [-0.39, 0.29) is 12.1 Å². The maximum atomic E-state index is 6.22. The first-order valence-corrected chi connectivity index (χ1v) is 7.69. The summed E-state index contributed by atoms with van der Waals surface area (Å²) in [5.41, 5.74) is 1.99. The summed E-state index contributed by atoms with van der Waals surface area (Å²) in [6, 6.07) is 13.4. The first-order chi connectivity index (χ1) is 9.95. The van der Waals surface area contributed by atoms with E-state index < -0.39 is 0 Å². The molecule has 0 radical (unpaired) electrons. The molecule has 4 heteroatoms. The maximum absolute atomic E-state index is 6.22. The van der Waals surface area contributed by atoms with Crippen molar-refractivity contribution in [1.82, 2.24) is 0 Å². The van der Waals surface area contributed by atoms with Crippen molar-refractivity contribution in [2.75, 3.05) is 5.32 Å². The predicted molar refractivity (Wildman–Crippen MR) is 90.7 cm³/mol. The van der Waals surface area contributed by atoms with Gasteiger partial charge in [-0.2, -0.15) is 0 Å². The van der Waals surface area contributed by atoms with Crippen LogP contribution in [-0.2, 0) is 0 Å². The van der Waals surface area contributed by atoms with Crippen molar-refractivity contribution < 1.29 is 4.74 Å². The van der Waals surface area contributed by atoms with E-state index in [0.29, 0.717) is 10.0 Å². The van der Waals surface area contributed by atoms with Crippen molar-refractivity contribution in [3.63, 3.8) is 0 Å². The van der Waals surface area contributed by atoms with Gasteiger partial charge >= 0.3 is 0 Å². The SMILES string of the molecule is CC(C)Oc1ccc(NC(C)c2cc(Cl)ccc2Cl)cc1. The van der Waals surface area contributed by atoms with Gasteiger partial charge in [0.05, 0.1) is 12.1 Å². The molecule has 2 aromatic rings. The number of anilines is 1. The van der Waals surface area contributed by atoms with E-state index >= 15 is 0 Å². The summed E-state index contributed by atoms with van der Waals surface area (Å²) < 4.78 is 5.63. The Balaban J connectivity index is 2.08. The standard InChI is InChI=1S/C17H19Cl2NO/c1-11(2)21-15-7-5-14(6-8-15)20-12(3)16-10-13(18)4-9-17(16)19/h4-12,20H,1-3H3. The van der Waals surface area contributed by atoms with Crippen LogP contribution in [0.1, 0.15) is 32.4 Å². The van der Waals surface area contributed by atoms with Crippen molar-refractivity contribution in [3.05, 3.63) is 58.1 Å². The summed E-state index contributed by atoms with van der Waals surface area (Å²) in [6.07, 6.45) is 0.174. The number of benzene rings is 2. The molecule has 1 atom stereocenters. The number of hydrogen-bond donors (Lipinski definition) is 1. The predicted octanol–water partition coefficient (Wildman–Crippen LogP) is 5.95. The minimum Gasteiger partial charge on any atom is -0.491 e. The van der Waals surface area contributed by atoms with Gasteiger partial charge in [-0.15, -0.1) is 0 Å². The molecule has 0 aromatic heterocycles. The Hall–Kier alpha value is -1.38. The smallest absolute Gasteiger partial charge is 0.119 e. The van der Waals surface area contributed by atoms with Gasteiger partial charge in [0.25, 0.3) is 0 Å². The molecule has 0 saturated carbocycles. The molecule has 0 amide bonds. The Labute approximate surface area is 136 Å². The summed E-state index contributed by atoms with van der Waals surface area (Å²) in [7, 11) is 0. The van der Waals surface area contributed by atoms with Crippen molar-refractivity contribution in [3.8, 4) is 5.75 Å². The van der Waals surface area contributed by atoms with Gasteiger partial charge in [0.2, 0.25) is 0 Å². The number of nitrogens with one attached hydrogen (secondary N) is 1. The minimum atomic E-state index is 0.0630. The topological polar surface area (TPSA) is 21.3 Å². The summed E-state index contributed by atoms with van der Waals surface area (Å²) >= 11 is 12.3. The van der Waals surface area contributed by atoms with Crippen LogP contribution in [0.5, 0.6) is 5.75 Å². The maximum Gasteiger partial charge on any atom is 0.119 e. The average molecular weight is 324 g/mol. The van der Waals surface area contributed by atoms with E-state index in [9.17, 15) is 0 Å². The molecule has 0 fully saturated rings. The lowest BCUT2D eigenvalue weighted by Crippen LogP contribution is -2.08. The van der Waals surface area contributed by atoms with Gasteiger partial charge in [-0.05, 0) is 68.8 Å². The van der Waals surface area contributed by atoms with Gasteiger partial charge < -0.3 is 10.1 Å². The van der Waals surface area contributed by atoms with Crippen LogP contribution < -0.4 is 10.1 Å². The lowest BCUT2D eigenvalue weighted by atomic mass is 10.1. The summed E-state index contributed by atoms with van der Waals surface area (Å²) in [5.74, 6) is 0.865. The summed E-state index contributed by atoms with van der Waals surface area (Å²) in [4.78, 5) is 0. The minimum absolute atomic E-state index is 0.0630. The Morgan fingerprint density at radius 3 is 2.24 bits per heavy atom. The lowest BCUT2D eigenvalue weighted by Gasteiger charge is -2.18. The molecule has 0 heterocycles. The molecule has 1 N–H and O–H groups in total. The van der Waals surface area contributed by atoms with Crippen molar-refractivity contribution >= 4 is 28.9 Å². The molecule has 1 unspecified atom stereocenters. The molecule has 0 bridgehead atoms. The van der Waals surface area contributed by atoms with Gasteiger partial charge in [-0.25, -0.2) is 0 Å². The van der Waals surface area contributed by atoms with Gasteiger partial charge in [-0.3, -0.25) is 0 Å². The first-order valence-electron chi connectivity index (χ1n) is 6.94. The molecule has 0 aliphatic carbocycles. The van der Waals surface area contributed by atoms with Crippen LogP contribution in [0.2, 0.25) is 10.0 Å². The molecule has 0 spiro atoms. The van der Waals surface area contributed by atoms with Crippen LogP contribution in [0.3, 0.4) is 0 Å². The van der Waals surface area contributed by atoms with Gasteiger partial charge in [0, 0.05) is 15.7 Å². The highest BCUT2D eigenvalue weighted by Gasteiger charge is 2.10. The fraction of sp³-hybridized carbons (Fsp3) is 0.294. The largest absolute Gasteiger partial charge is 0.491 e. The van der Waals surface area contributed by atoms with E-state index in [1.807, 2.05) is 50.2 Å². The quantitative estimate of drug-likeness (QED) is 0.733. The monoisotopic (exact) mass is 323 g/mol. The highest BCUT2D eigenvalue weighted by Crippen LogP contribution is 2.29. The number of hydrogen-bond acceptors (Lipinski definition) is 2. The fourth-order valence-corrected chi connectivity index (χ4v) is 2.54. The first kappa shape index (κ1) is 16.0. The van der Waals surface area contributed by atoms with Crippen LogP contribution in [0, 0.1) is 0 Å². The molecule has 112 valence electrons. The molecule has 21 heavy (non-hydrogen) atoms. The van der Waals surface area contributed by atoms with Crippen LogP contribution in [0.15, 0.2) is 42.5 Å². The third kappa shape index (κ3) is 4.55. The van der Waals surface area contributed by atoms with E-state index in [0.717, 1.165) is 17.0 Å². The van der Waals surface area contributed by atoms with E-state index in [4.69, 9.17) is 27.9 Å². The zero-order valence-corrected chi connectivity index (χ0v) is 13.9. The second kappa shape index (κ2) is 7.06. The Morgan fingerprint density at radius 1 is 0.952 bits per heavy atom. The molecule has 0 aliphatic heterocycles. The summed E-state index contributed by atoms with van der Waals surface area (Å²) in [5, 5.41) is 4.80. The highest BCUT2D eigenvalue weighted by molar-refractivity contribution is 6.33. The second-order valence-electron chi connectivity index (χ2n) is 5.22. The second-order valence-corrected chi connectivity index (χ2v) is 6.07. The fourth-order valence-electron chi connectivity index (χ4n) is 2.08. The van der Waals surface area contributed by atoms with Crippen LogP contribution >= 0.6 is 23.2 Å². The van der Waals surface area contributed by atoms with Crippen molar-refractivity contribution in [2.24, 2.45) is 0 Å². The van der Waals surface area contributed by atoms with Crippen molar-refractivity contribution in [1.29, 1.82) is 0 Å². The van der Waals surface area contributed by atoms with E-state index in [2.05, 4.69) is 12.2 Å². The van der Waals surface area contributed by atoms with Crippen LogP contribution in [0.4, 0.5) is 5.69 Å². The molecule has 2 nitrogen and oxygen atoms in total. The number of ether oxygens (including phenoxy) is 1. The van der Waals surface area contributed by atoms with E-state index in [1.165, 1.54) is 0 Å². The third-order valence-corrected chi connectivity index (χ3v) is 3.61. The number of halogens is 2. The normalized spacial score (nSPS) is 12.3. The highest BCUT2D eigenvalue weighted by atomic mass is 35.5. The van der Waals surface area contributed by atoms with E-state index in [1.54, 1.807) is 6.07 Å².